The minimum atomic E-state index is -0.973. The standard InChI is InChI=1S/C22H29N5O5/c23-14-3-2-9-26(13-14)10-12-32-11-8-24-16-5-1-4-15-19(16)22(31)27(21(15)30)17-6-7-18(28)25-20(17)29/h1,4-5,14,17,24H,2-3,6-13,23H2,(H,25,28,29). The summed E-state index contributed by atoms with van der Waals surface area (Å²) in [5.41, 5.74) is 7.03. The molecule has 4 amide bonds. The minimum absolute atomic E-state index is 0.0929. The first-order valence-corrected chi connectivity index (χ1v) is 11.1. The molecule has 0 saturated carbocycles. The van der Waals surface area contributed by atoms with Gasteiger partial charge in [0.25, 0.3) is 11.8 Å². The Morgan fingerprint density at radius 3 is 2.75 bits per heavy atom. The first-order valence-electron chi connectivity index (χ1n) is 11.1. The Kier molecular flexibility index (Phi) is 6.83. The molecule has 2 atom stereocenters. The number of piperidine rings is 2. The first-order chi connectivity index (χ1) is 15.5. The fourth-order valence-electron chi connectivity index (χ4n) is 4.51. The van der Waals surface area contributed by atoms with Gasteiger partial charge in [-0.1, -0.05) is 6.07 Å². The van der Waals surface area contributed by atoms with Crippen molar-refractivity contribution in [1.29, 1.82) is 0 Å². The number of ether oxygens (including phenoxy) is 1. The highest BCUT2D eigenvalue weighted by molar-refractivity contribution is 6.25. The summed E-state index contributed by atoms with van der Waals surface area (Å²) in [6.45, 7) is 4.30. The largest absolute Gasteiger partial charge is 0.382 e. The Balaban J connectivity index is 1.31. The van der Waals surface area contributed by atoms with Crippen molar-refractivity contribution in [3.05, 3.63) is 29.3 Å². The maximum Gasteiger partial charge on any atom is 0.264 e. The van der Waals surface area contributed by atoms with Crippen molar-refractivity contribution in [2.45, 2.75) is 37.8 Å². The maximum atomic E-state index is 13.0. The van der Waals surface area contributed by atoms with E-state index >= 15 is 0 Å². The van der Waals surface area contributed by atoms with Gasteiger partial charge >= 0.3 is 0 Å². The van der Waals surface area contributed by atoms with Gasteiger partial charge in [-0.05, 0) is 37.9 Å². The van der Waals surface area contributed by atoms with Gasteiger partial charge < -0.3 is 15.8 Å². The third-order valence-electron chi connectivity index (χ3n) is 6.12. The van der Waals surface area contributed by atoms with E-state index in [1.807, 2.05) is 0 Å². The number of nitrogens with two attached hydrogens (primary N) is 1. The molecule has 3 aliphatic rings. The van der Waals surface area contributed by atoms with Gasteiger partial charge in [0.2, 0.25) is 11.8 Å². The number of anilines is 1. The molecule has 32 heavy (non-hydrogen) atoms. The molecule has 1 aromatic rings. The molecule has 0 aromatic heterocycles. The number of amides is 4. The summed E-state index contributed by atoms with van der Waals surface area (Å²) >= 11 is 0. The number of fused-ring (bicyclic) bond motifs is 1. The summed E-state index contributed by atoms with van der Waals surface area (Å²) < 4.78 is 5.71. The highest BCUT2D eigenvalue weighted by Crippen LogP contribution is 2.32. The summed E-state index contributed by atoms with van der Waals surface area (Å²) in [5.74, 6) is -2.05. The summed E-state index contributed by atoms with van der Waals surface area (Å²) in [6, 6.07) is 4.27. The van der Waals surface area contributed by atoms with Crippen LogP contribution in [-0.4, -0.2) is 84.9 Å². The molecular formula is C22H29N5O5. The lowest BCUT2D eigenvalue weighted by Crippen LogP contribution is -2.54. The second-order valence-corrected chi connectivity index (χ2v) is 8.42. The monoisotopic (exact) mass is 443 g/mol. The Bertz CT molecular complexity index is 920. The molecule has 2 fully saturated rings. The summed E-state index contributed by atoms with van der Waals surface area (Å²) in [7, 11) is 0. The van der Waals surface area contributed by atoms with E-state index in [9.17, 15) is 19.2 Å². The molecule has 0 bridgehead atoms. The number of hydrogen-bond donors (Lipinski definition) is 3. The van der Waals surface area contributed by atoms with Crippen LogP contribution in [0.25, 0.3) is 0 Å². The van der Waals surface area contributed by atoms with Crippen LogP contribution in [0, 0.1) is 0 Å². The van der Waals surface area contributed by atoms with Crippen molar-refractivity contribution in [2.24, 2.45) is 5.73 Å². The summed E-state index contributed by atoms with van der Waals surface area (Å²) in [5, 5.41) is 5.37. The zero-order valence-electron chi connectivity index (χ0n) is 18.0. The number of imide groups is 2. The quantitative estimate of drug-likeness (QED) is 0.376. The van der Waals surface area contributed by atoms with Crippen LogP contribution in [0.1, 0.15) is 46.4 Å². The maximum absolute atomic E-state index is 13.0. The van der Waals surface area contributed by atoms with Gasteiger partial charge in [0.1, 0.15) is 6.04 Å². The van der Waals surface area contributed by atoms with Gasteiger partial charge in [0.05, 0.1) is 24.3 Å². The van der Waals surface area contributed by atoms with E-state index in [1.54, 1.807) is 18.2 Å². The van der Waals surface area contributed by atoms with Crippen molar-refractivity contribution >= 4 is 29.3 Å². The Labute approximate surface area is 186 Å². The number of rotatable bonds is 8. The van der Waals surface area contributed by atoms with Gasteiger partial charge in [0.15, 0.2) is 0 Å². The summed E-state index contributed by atoms with van der Waals surface area (Å²) in [6.07, 6.45) is 2.42. The number of carbonyl (C=O) groups is 4. The molecule has 2 unspecified atom stereocenters. The van der Waals surface area contributed by atoms with Crippen LogP contribution in [0.4, 0.5) is 5.69 Å². The zero-order valence-corrected chi connectivity index (χ0v) is 18.0. The van der Waals surface area contributed by atoms with Crippen molar-refractivity contribution < 1.29 is 23.9 Å². The molecule has 10 nitrogen and oxygen atoms in total. The van der Waals surface area contributed by atoms with Crippen LogP contribution in [0.3, 0.4) is 0 Å². The molecule has 2 saturated heterocycles. The lowest BCUT2D eigenvalue weighted by Gasteiger charge is -2.30. The smallest absolute Gasteiger partial charge is 0.264 e. The number of nitrogens with one attached hydrogen (secondary N) is 2. The lowest BCUT2D eigenvalue weighted by molar-refractivity contribution is -0.136. The molecule has 3 heterocycles. The predicted molar refractivity (Wildman–Crippen MR) is 116 cm³/mol. The van der Waals surface area contributed by atoms with E-state index in [0.29, 0.717) is 25.4 Å². The number of carbonyl (C=O) groups excluding carboxylic acids is 4. The number of likely N-dealkylation sites (tertiary alicyclic amines) is 1. The van der Waals surface area contributed by atoms with Crippen LogP contribution >= 0.6 is 0 Å². The number of benzene rings is 1. The molecule has 0 aliphatic carbocycles. The van der Waals surface area contributed by atoms with E-state index in [-0.39, 0.29) is 30.0 Å². The van der Waals surface area contributed by atoms with Gasteiger partial charge in [-0.3, -0.25) is 34.3 Å². The van der Waals surface area contributed by atoms with E-state index in [0.717, 1.165) is 37.4 Å². The third-order valence-corrected chi connectivity index (χ3v) is 6.12. The molecular weight excluding hydrogens is 414 g/mol. The molecule has 10 heteroatoms. The predicted octanol–water partition coefficient (Wildman–Crippen LogP) is -0.0606. The van der Waals surface area contributed by atoms with E-state index in [1.165, 1.54) is 0 Å². The van der Waals surface area contributed by atoms with Crippen LogP contribution in [0.15, 0.2) is 18.2 Å². The van der Waals surface area contributed by atoms with Crippen molar-refractivity contribution in [3.8, 4) is 0 Å². The summed E-state index contributed by atoms with van der Waals surface area (Å²) in [4.78, 5) is 52.8. The Morgan fingerprint density at radius 1 is 1.12 bits per heavy atom. The van der Waals surface area contributed by atoms with Crippen LogP contribution < -0.4 is 16.4 Å². The van der Waals surface area contributed by atoms with Crippen LogP contribution in [0.2, 0.25) is 0 Å². The second-order valence-electron chi connectivity index (χ2n) is 8.42. The average molecular weight is 444 g/mol. The fourth-order valence-corrected chi connectivity index (χ4v) is 4.51. The SMILES string of the molecule is NC1CCCN(CCOCCNc2cccc3c2C(=O)N(C2CCC(=O)NC2=O)C3=O)C1. The van der Waals surface area contributed by atoms with Crippen LogP contribution in [0.5, 0.6) is 0 Å². The van der Waals surface area contributed by atoms with E-state index in [2.05, 4.69) is 15.5 Å². The normalized spacial score (nSPS) is 24.0. The highest BCUT2D eigenvalue weighted by atomic mass is 16.5. The first kappa shape index (κ1) is 22.4. The van der Waals surface area contributed by atoms with E-state index in [4.69, 9.17) is 10.5 Å². The van der Waals surface area contributed by atoms with Gasteiger partial charge in [0, 0.05) is 37.8 Å². The van der Waals surface area contributed by atoms with Crippen molar-refractivity contribution in [3.63, 3.8) is 0 Å². The van der Waals surface area contributed by atoms with E-state index < -0.39 is 29.7 Å². The number of nitrogens with zero attached hydrogens (tertiary/aromatic N) is 2. The molecule has 172 valence electrons. The molecule has 4 rings (SSSR count). The second kappa shape index (κ2) is 9.76. The molecule has 0 spiro atoms. The van der Waals surface area contributed by atoms with Crippen molar-refractivity contribution in [2.75, 3.05) is 44.7 Å². The van der Waals surface area contributed by atoms with Gasteiger partial charge in [-0.15, -0.1) is 0 Å². The van der Waals surface area contributed by atoms with Gasteiger partial charge in [-0.25, -0.2) is 0 Å². The van der Waals surface area contributed by atoms with Crippen molar-refractivity contribution in [1.82, 2.24) is 15.1 Å². The Morgan fingerprint density at radius 2 is 1.97 bits per heavy atom. The molecule has 4 N–H and O–H groups in total. The average Bonchev–Trinajstić information content (AvgIpc) is 3.02. The fraction of sp³-hybridized carbons (Fsp3) is 0.545. The topological polar surface area (TPSA) is 134 Å². The minimum Gasteiger partial charge on any atom is -0.382 e. The van der Waals surface area contributed by atoms with Crippen LogP contribution in [-0.2, 0) is 14.3 Å². The number of hydrogen-bond acceptors (Lipinski definition) is 8. The molecule has 3 aliphatic heterocycles. The third kappa shape index (κ3) is 4.67. The molecule has 1 aromatic carbocycles. The highest BCUT2D eigenvalue weighted by Gasteiger charge is 2.45. The molecule has 0 radical (unpaired) electrons. The Hall–Kier alpha value is -2.82. The lowest BCUT2D eigenvalue weighted by atomic mass is 10.0. The van der Waals surface area contributed by atoms with Gasteiger partial charge in [-0.2, -0.15) is 0 Å². The zero-order chi connectivity index (χ0) is 22.7.